The van der Waals surface area contributed by atoms with Crippen LogP contribution in [0.15, 0.2) is 66.9 Å². The summed E-state index contributed by atoms with van der Waals surface area (Å²) < 4.78 is 20.5. The van der Waals surface area contributed by atoms with Crippen molar-refractivity contribution in [1.29, 1.82) is 0 Å². The number of aromatic nitrogens is 1. The summed E-state index contributed by atoms with van der Waals surface area (Å²) in [6.45, 7) is 1.89. The number of nitrogens with one attached hydrogen (secondary N) is 3. The number of hydrogen-bond acceptors (Lipinski definition) is 7. The second-order valence-corrected chi connectivity index (χ2v) is 10.0. The van der Waals surface area contributed by atoms with Crippen molar-refractivity contribution in [3.63, 3.8) is 0 Å². The van der Waals surface area contributed by atoms with Crippen LogP contribution < -0.4 is 20.7 Å². The van der Waals surface area contributed by atoms with Crippen LogP contribution in [0, 0.1) is 5.82 Å². The fourth-order valence-corrected chi connectivity index (χ4v) is 4.72. The molecule has 4 rings (SSSR count). The third-order valence-electron chi connectivity index (χ3n) is 6.67. The number of rotatable bonds is 9. The standard InChI is InChI=1S/C29H33FN6O4S/c1-35(15-16-37)22-10-13-36(14-11-22)29(39)33-26-19-23(9-12-31-26)40-25-8-7-21(18-24(25)30)32-28(41)34-27(38)17-20-5-3-2-4-6-20/h2-9,12,18-19,22,37H,10-11,13-17H2,1H3,(H,31,33,39)(H2,32,34,38,41). The van der Waals surface area contributed by atoms with Crippen LogP contribution in [0.25, 0.3) is 0 Å². The average Bonchev–Trinajstić information content (AvgIpc) is 2.95. The molecule has 0 bridgehead atoms. The number of piperidine rings is 1. The number of likely N-dealkylation sites (N-methyl/N-ethyl adjacent to an activating group) is 1. The Hall–Kier alpha value is -4.13. The van der Waals surface area contributed by atoms with Crippen LogP contribution >= 0.6 is 12.2 Å². The van der Waals surface area contributed by atoms with Gasteiger partial charge in [0, 0.05) is 49.7 Å². The highest BCUT2D eigenvalue weighted by Gasteiger charge is 2.25. The number of pyridine rings is 1. The van der Waals surface area contributed by atoms with Crippen molar-refractivity contribution in [3.05, 3.63) is 78.2 Å². The zero-order chi connectivity index (χ0) is 29.2. The number of carbonyl (C=O) groups is 2. The summed E-state index contributed by atoms with van der Waals surface area (Å²) in [4.78, 5) is 33.0. The molecule has 0 saturated carbocycles. The lowest BCUT2D eigenvalue weighted by Crippen LogP contribution is -2.47. The number of amides is 3. The molecule has 1 aliphatic heterocycles. The van der Waals surface area contributed by atoms with Crippen molar-refractivity contribution in [2.24, 2.45) is 0 Å². The summed E-state index contributed by atoms with van der Waals surface area (Å²) in [5.74, 6) is -0.396. The molecule has 1 aliphatic rings. The number of likely N-dealkylation sites (tertiary alicyclic amines) is 1. The molecular formula is C29H33FN6O4S. The molecule has 1 saturated heterocycles. The first-order chi connectivity index (χ1) is 19.8. The number of nitrogens with zero attached hydrogens (tertiary/aromatic N) is 3. The topological polar surface area (TPSA) is 119 Å². The molecule has 0 aliphatic carbocycles. The lowest BCUT2D eigenvalue weighted by molar-refractivity contribution is -0.119. The van der Waals surface area contributed by atoms with Gasteiger partial charge in [-0.3, -0.25) is 10.1 Å². The van der Waals surface area contributed by atoms with E-state index in [1.54, 1.807) is 17.0 Å². The summed E-state index contributed by atoms with van der Waals surface area (Å²) >= 11 is 5.18. The molecule has 0 atom stereocenters. The van der Waals surface area contributed by atoms with E-state index < -0.39 is 5.82 Å². The number of aliphatic hydroxyl groups is 1. The van der Waals surface area contributed by atoms with Gasteiger partial charge in [0.25, 0.3) is 0 Å². The Bertz CT molecular complexity index is 1350. The molecule has 2 heterocycles. The molecule has 0 spiro atoms. The van der Waals surface area contributed by atoms with Crippen LogP contribution in [0.4, 0.5) is 20.7 Å². The molecular weight excluding hydrogens is 547 g/mol. The van der Waals surface area contributed by atoms with E-state index >= 15 is 0 Å². The Labute approximate surface area is 243 Å². The Morgan fingerprint density at radius 3 is 2.59 bits per heavy atom. The van der Waals surface area contributed by atoms with Crippen molar-refractivity contribution in [1.82, 2.24) is 20.1 Å². The molecule has 10 nitrogen and oxygen atoms in total. The highest BCUT2D eigenvalue weighted by atomic mass is 32.1. The predicted molar refractivity (Wildman–Crippen MR) is 159 cm³/mol. The molecule has 4 N–H and O–H groups in total. The fraction of sp³-hybridized carbons (Fsp3) is 0.310. The van der Waals surface area contributed by atoms with Crippen molar-refractivity contribution >= 4 is 40.8 Å². The molecule has 41 heavy (non-hydrogen) atoms. The van der Waals surface area contributed by atoms with Crippen molar-refractivity contribution in [3.8, 4) is 11.5 Å². The second-order valence-electron chi connectivity index (χ2n) is 9.64. The number of anilines is 2. The first-order valence-corrected chi connectivity index (χ1v) is 13.7. The normalized spacial score (nSPS) is 13.5. The van der Waals surface area contributed by atoms with Crippen LogP contribution in [0.2, 0.25) is 0 Å². The average molecular weight is 581 g/mol. The third kappa shape index (κ3) is 8.93. The van der Waals surface area contributed by atoms with Gasteiger partial charge in [-0.25, -0.2) is 14.2 Å². The summed E-state index contributed by atoms with van der Waals surface area (Å²) in [5.41, 5.74) is 1.19. The van der Waals surface area contributed by atoms with Gasteiger partial charge in [-0.2, -0.15) is 0 Å². The lowest BCUT2D eigenvalue weighted by Gasteiger charge is -2.36. The second kappa shape index (κ2) is 14.5. The quantitative estimate of drug-likeness (QED) is 0.281. The molecule has 3 amide bonds. The van der Waals surface area contributed by atoms with Gasteiger partial charge in [-0.15, -0.1) is 0 Å². The Balaban J connectivity index is 1.28. The monoisotopic (exact) mass is 580 g/mol. The summed E-state index contributed by atoms with van der Waals surface area (Å²) in [7, 11) is 1.97. The number of hydrogen-bond donors (Lipinski definition) is 4. The van der Waals surface area contributed by atoms with E-state index in [1.807, 2.05) is 37.4 Å². The van der Waals surface area contributed by atoms with Crippen LogP contribution in [0.1, 0.15) is 18.4 Å². The predicted octanol–water partition coefficient (Wildman–Crippen LogP) is 3.99. The van der Waals surface area contributed by atoms with E-state index in [-0.39, 0.29) is 41.6 Å². The molecule has 1 fully saturated rings. The van der Waals surface area contributed by atoms with Crippen LogP contribution in [0.5, 0.6) is 11.5 Å². The van der Waals surface area contributed by atoms with Gasteiger partial charge in [-0.05, 0) is 55.9 Å². The van der Waals surface area contributed by atoms with Gasteiger partial charge in [0.05, 0.1) is 13.0 Å². The van der Waals surface area contributed by atoms with Gasteiger partial charge in [0.2, 0.25) is 5.91 Å². The first kappa shape index (κ1) is 29.8. The molecule has 2 aromatic carbocycles. The largest absolute Gasteiger partial charge is 0.454 e. The van der Waals surface area contributed by atoms with E-state index in [2.05, 4.69) is 25.8 Å². The van der Waals surface area contributed by atoms with Crippen molar-refractivity contribution < 1.29 is 23.8 Å². The lowest BCUT2D eigenvalue weighted by atomic mass is 10.0. The number of benzene rings is 2. The van der Waals surface area contributed by atoms with E-state index in [9.17, 15) is 14.0 Å². The summed E-state index contributed by atoms with van der Waals surface area (Å²) in [6.07, 6.45) is 3.26. The van der Waals surface area contributed by atoms with Gasteiger partial charge in [-0.1, -0.05) is 30.3 Å². The van der Waals surface area contributed by atoms with Gasteiger partial charge < -0.3 is 30.3 Å². The van der Waals surface area contributed by atoms with E-state index in [4.69, 9.17) is 22.1 Å². The number of aliphatic hydroxyl groups excluding tert-OH is 1. The Morgan fingerprint density at radius 2 is 1.88 bits per heavy atom. The molecule has 0 radical (unpaired) electrons. The summed E-state index contributed by atoms with van der Waals surface area (Å²) in [5, 5.41) is 17.3. The smallest absolute Gasteiger partial charge is 0.323 e. The maximum Gasteiger partial charge on any atom is 0.323 e. The highest BCUT2D eigenvalue weighted by molar-refractivity contribution is 7.80. The van der Waals surface area contributed by atoms with Crippen LogP contribution in [-0.4, -0.2) is 76.3 Å². The van der Waals surface area contributed by atoms with E-state index in [1.165, 1.54) is 24.4 Å². The molecule has 0 unspecified atom stereocenters. The number of halogens is 1. The third-order valence-corrected chi connectivity index (χ3v) is 6.88. The zero-order valence-corrected chi connectivity index (χ0v) is 23.5. The Kier molecular flexibility index (Phi) is 10.5. The number of carbonyl (C=O) groups excluding carboxylic acids is 2. The van der Waals surface area contributed by atoms with Crippen molar-refractivity contribution in [2.75, 3.05) is 43.9 Å². The van der Waals surface area contributed by atoms with Crippen molar-refractivity contribution in [2.45, 2.75) is 25.3 Å². The minimum Gasteiger partial charge on any atom is -0.454 e. The van der Waals surface area contributed by atoms with E-state index in [0.717, 1.165) is 18.4 Å². The van der Waals surface area contributed by atoms with Crippen LogP contribution in [0.3, 0.4) is 0 Å². The number of ether oxygens (including phenoxy) is 1. The van der Waals surface area contributed by atoms with Gasteiger partial charge in [0.1, 0.15) is 11.6 Å². The van der Waals surface area contributed by atoms with Gasteiger partial charge >= 0.3 is 6.03 Å². The summed E-state index contributed by atoms with van der Waals surface area (Å²) in [6, 6.07) is 16.6. The number of thiocarbonyl (C=S) groups is 1. The van der Waals surface area contributed by atoms with Crippen LogP contribution in [-0.2, 0) is 11.2 Å². The maximum absolute atomic E-state index is 14.8. The molecule has 3 aromatic rings. The highest BCUT2D eigenvalue weighted by Crippen LogP contribution is 2.28. The first-order valence-electron chi connectivity index (χ1n) is 13.3. The zero-order valence-electron chi connectivity index (χ0n) is 22.7. The molecule has 216 valence electrons. The minimum atomic E-state index is -0.648. The maximum atomic E-state index is 14.8. The molecule has 12 heteroatoms. The SMILES string of the molecule is CN(CCO)C1CCN(C(=O)Nc2cc(Oc3ccc(NC(=S)NC(=O)Cc4ccccc4)cc3F)ccn2)CC1. The fourth-order valence-electron chi connectivity index (χ4n) is 4.48. The minimum absolute atomic E-state index is 0.0351. The number of urea groups is 1. The van der Waals surface area contributed by atoms with Gasteiger partial charge in [0.15, 0.2) is 16.7 Å². The Morgan fingerprint density at radius 1 is 1.12 bits per heavy atom. The molecule has 1 aromatic heterocycles. The van der Waals surface area contributed by atoms with E-state index in [0.29, 0.717) is 37.1 Å².